The van der Waals surface area contributed by atoms with Gasteiger partial charge in [0, 0.05) is 31.3 Å². The normalized spacial score (nSPS) is 28.1. The number of likely N-dealkylation sites (tertiary alicyclic amines) is 2. The van der Waals surface area contributed by atoms with Crippen molar-refractivity contribution in [3.8, 4) is 0 Å². The monoisotopic (exact) mass is 286 g/mol. The van der Waals surface area contributed by atoms with E-state index in [2.05, 4.69) is 12.6 Å². The minimum absolute atomic E-state index is 0.122. The van der Waals surface area contributed by atoms with Gasteiger partial charge in [-0.05, 0) is 27.2 Å². The molecule has 0 radical (unpaired) electrons. The van der Waals surface area contributed by atoms with Gasteiger partial charge in [-0.2, -0.15) is 12.6 Å². The van der Waals surface area contributed by atoms with Gasteiger partial charge in [-0.15, -0.1) is 0 Å². The number of hydrogen-bond donors (Lipinski definition) is 1. The van der Waals surface area contributed by atoms with E-state index < -0.39 is 5.60 Å². The summed E-state index contributed by atoms with van der Waals surface area (Å²) in [7, 11) is 0. The van der Waals surface area contributed by atoms with E-state index in [-0.39, 0.29) is 23.3 Å². The molecule has 2 fully saturated rings. The Labute approximate surface area is 119 Å². The SMILES string of the molecule is CC(C)(C)OC(=O)N1CC[C@@H](N2CC(S)CC2=O)C1. The number of nitrogens with zero attached hydrogens (tertiary/aromatic N) is 2. The number of rotatable bonds is 1. The number of carbonyl (C=O) groups excluding carboxylic acids is 2. The number of ether oxygens (including phenoxy) is 1. The molecule has 2 atom stereocenters. The summed E-state index contributed by atoms with van der Waals surface area (Å²) in [5, 5.41) is 0.128. The summed E-state index contributed by atoms with van der Waals surface area (Å²) in [4.78, 5) is 27.3. The molecule has 108 valence electrons. The fraction of sp³-hybridized carbons (Fsp3) is 0.846. The van der Waals surface area contributed by atoms with E-state index in [4.69, 9.17) is 4.74 Å². The van der Waals surface area contributed by atoms with Crippen LogP contribution in [-0.2, 0) is 9.53 Å². The molecule has 0 aromatic heterocycles. The lowest BCUT2D eigenvalue weighted by Gasteiger charge is -2.26. The highest BCUT2D eigenvalue weighted by atomic mass is 32.1. The lowest BCUT2D eigenvalue weighted by atomic mass is 10.2. The van der Waals surface area contributed by atoms with E-state index >= 15 is 0 Å². The van der Waals surface area contributed by atoms with Crippen LogP contribution >= 0.6 is 12.6 Å². The zero-order valence-corrected chi connectivity index (χ0v) is 12.7. The van der Waals surface area contributed by atoms with Crippen LogP contribution in [0.1, 0.15) is 33.6 Å². The first-order chi connectivity index (χ1) is 8.76. The Morgan fingerprint density at radius 2 is 2.05 bits per heavy atom. The van der Waals surface area contributed by atoms with Crippen molar-refractivity contribution in [2.24, 2.45) is 0 Å². The Balaban J connectivity index is 1.90. The first-order valence-electron chi connectivity index (χ1n) is 6.72. The molecule has 0 spiro atoms. The van der Waals surface area contributed by atoms with E-state index in [1.807, 2.05) is 25.7 Å². The molecule has 0 aromatic carbocycles. The van der Waals surface area contributed by atoms with Crippen molar-refractivity contribution in [1.82, 2.24) is 9.80 Å². The predicted molar refractivity (Wildman–Crippen MR) is 75.3 cm³/mol. The molecule has 1 unspecified atom stereocenters. The molecule has 2 amide bonds. The summed E-state index contributed by atoms with van der Waals surface area (Å²) in [6.45, 7) is 7.48. The van der Waals surface area contributed by atoms with Crippen molar-refractivity contribution in [3.05, 3.63) is 0 Å². The van der Waals surface area contributed by atoms with Crippen molar-refractivity contribution in [2.75, 3.05) is 19.6 Å². The summed E-state index contributed by atoms with van der Waals surface area (Å²) in [5.74, 6) is 0.149. The van der Waals surface area contributed by atoms with Crippen molar-refractivity contribution in [1.29, 1.82) is 0 Å². The van der Waals surface area contributed by atoms with Gasteiger partial charge in [-0.3, -0.25) is 4.79 Å². The second kappa shape index (κ2) is 5.23. The van der Waals surface area contributed by atoms with Gasteiger partial charge in [0.05, 0.1) is 6.04 Å². The van der Waals surface area contributed by atoms with E-state index in [0.717, 1.165) is 6.42 Å². The molecule has 0 bridgehead atoms. The highest BCUT2D eigenvalue weighted by Crippen LogP contribution is 2.25. The Bertz CT molecular complexity index is 381. The van der Waals surface area contributed by atoms with Gasteiger partial charge in [0.2, 0.25) is 5.91 Å². The molecule has 0 saturated carbocycles. The average Bonchev–Trinajstić information content (AvgIpc) is 2.82. The van der Waals surface area contributed by atoms with Crippen molar-refractivity contribution < 1.29 is 14.3 Å². The lowest BCUT2D eigenvalue weighted by molar-refractivity contribution is -0.129. The van der Waals surface area contributed by atoms with Crippen LogP contribution in [-0.4, -0.2) is 58.3 Å². The number of carbonyl (C=O) groups is 2. The van der Waals surface area contributed by atoms with Crippen molar-refractivity contribution in [3.63, 3.8) is 0 Å². The van der Waals surface area contributed by atoms with Gasteiger partial charge < -0.3 is 14.5 Å². The molecule has 5 nitrogen and oxygen atoms in total. The largest absolute Gasteiger partial charge is 0.444 e. The van der Waals surface area contributed by atoms with Crippen LogP contribution in [0.15, 0.2) is 0 Å². The van der Waals surface area contributed by atoms with Crippen LogP contribution in [0.4, 0.5) is 4.79 Å². The quantitative estimate of drug-likeness (QED) is 0.744. The zero-order chi connectivity index (χ0) is 14.2. The predicted octanol–water partition coefficient (Wildman–Crippen LogP) is 1.53. The summed E-state index contributed by atoms with van der Waals surface area (Å²) < 4.78 is 5.35. The van der Waals surface area contributed by atoms with Crippen LogP contribution in [0.2, 0.25) is 0 Å². The van der Waals surface area contributed by atoms with Gasteiger partial charge in [-0.1, -0.05) is 0 Å². The molecule has 0 N–H and O–H groups in total. The van der Waals surface area contributed by atoms with Crippen LogP contribution < -0.4 is 0 Å². The summed E-state index contributed by atoms with van der Waals surface area (Å²) >= 11 is 4.36. The van der Waals surface area contributed by atoms with Crippen molar-refractivity contribution in [2.45, 2.75) is 50.5 Å². The molecule has 0 aliphatic carbocycles. The van der Waals surface area contributed by atoms with Crippen LogP contribution in [0.25, 0.3) is 0 Å². The number of hydrogen-bond acceptors (Lipinski definition) is 4. The molecule has 19 heavy (non-hydrogen) atoms. The molecule has 2 saturated heterocycles. The first-order valence-corrected chi connectivity index (χ1v) is 7.23. The zero-order valence-electron chi connectivity index (χ0n) is 11.8. The smallest absolute Gasteiger partial charge is 0.410 e. The molecule has 6 heteroatoms. The van der Waals surface area contributed by atoms with Crippen LogP contribution in [0.3, 0.4) is 0 Å². The highest BCUT2D eigenvalue weighted by molar-refractivity contribution is 7.81. The second-order valence-corrected chi connectivity index (χ2v) is 7.00. The highest BCUT2D eigenvalue weighted by Gasteiger charge is 2.38. The van der Waals surface area contributed by atoms with Gasteiger partial charge >= 0.3 is 6.09 Å². The van der Waals surface area contributed by atoms with Gasteiger partial charge in [-0.25, -0.2) is 4.79 Å². The maximum Gasteiger partial charge on any atom is 0.410 e. The van der Waals surface area contributed by atoms with E-state index in [9.17, 15) is 9.59 Å². The van der Waals surface area contributed by atoms with E-state index in [1.165, 1.54) is 0 Å². The summed E-state index contributed by atoms with van der Waals surface area (Å²) in [6, 6.07) is 0.122. The van der Waals surface area contributed by atoms with E-state index in [1.54, 1.807) is 4.90 Å². The number of amides is 2. The molecular formula is C13H22N2O3S. The third-order valence-electron chi connectivity index (χ3n) is 3.39. The minimum atomic E-state index is -0.477. The molecule has 2 rings (SSSR count). The van der Waals surface area contributed by atoms with Gasteiger partial charge in [0.1, 0.15) is 5.60 Å². The third kappa shape index (κ3) is 3.55. The van der Waals surface area contributed by atoms with Gasteiger partial charge in [0.15, 0.2) is 0 Å². The average molecular weight is 286 g/mol. The Kier molecular flexibility index (Phi) is 3.99. The molecule has 0 aromatic rings. The Morgan fingerprint density at radius 3 is 2.58 bits per heavy atom. The Morgan fingerprint density at radius 1 is 1.37 bits per heavy atom. The van der Waals surface area contributed by atoms with Gasteiger partial charge in [0.25, 0.3) is 0 Å². The summed E-state index contributed by atoms with van der Waals surface area (Å²) in [5.41, 5.74) is -0.477. The molecule has 2 aliphatic rings. The van der Waals surface area contributed by atoms with Crippen LogP contribution in [0.5, 0.6) is 0 Å². The van der Waals surface area contributed by atoms with E-state index in [0.29, 0.717) is 26.1 Å². The van der Waals surface area contributed by atoms with Crippen LogP contribution in [0, 0.1) is 0 Å². The number of thiol groups is 1. The maximum absolute atomic E-state index is 12.0. The summed E-state index contributed by atoms with van der Waals surface area (Å²) in [6.07, 6.45) is 1.04. The minimum Gasteiger partial charge on any atom is -0.444 e. The fourth-order valence-corrected chi connectivity index (χ4v) is 2.89. The first kappa shape index (κ1) is 14.5. The third-order valence-corrected chi connectivity index (χ3v) is 3.74. The molecular weight excluding hydrogens is 264 g/mol. The molecule has 2 aliphatic heterocycles. The fourth-order valence-electron chi connectivity index (χ4n) is 2.55. The lowest BCUT2D eigenvalue weighted by Crippen LogP contribution is -2.41. The topological polar surface area (TPSA) is 49.9 Å². The standard InChI is InChI=1S/C13H22N2O3S/c1-13(2,3)18-12(17)14-5-4-9(7-14)15-8-10(19)6-11(15)16/h9-10,19H,4-8H2,1-3H3/t9-,10?/m1/s1. The second-order valence-electron chi connectivity index (χ2n) is 6.27. The van der Waals surface area contributed by atoms with Crippen molar-refractivity contribution >= 4 is 24.6 Å². The molecule has 2 heterocycles. The maximum atomic E-state index is 12.0. The Hall–Kier alpha value is -0.910.